The van der Waals surface area contributed by atoms with Crippen LogP contribution in [0.5, 0.6) is 0 Å². The van der Waals surface area contributed by atoms with Gasteiger partial charge in [0.1, 0.15) is 29.7 Å². The predicted octanol–water partition coefficient (Wildman–Crippen LogP) is 1.70. The maximum atomic E-state index is 12.5. The van der Waals surface area contributed by atoms with Gasteiger partial charge in [-0.1, -0.05) is 0 Å². The molecule has 3 heterocycles. The molecule has 0 atom stereocenters. The number of amides is 1. The van der Waals surface area contributed by atoms with Gasteiger partial charge in [-0.3, -0.25) is 9.59 Å². The fourth-order valence-electron chi connectivity index (χ4n) is 2.79. The molecule has 0 aromatic carbocycles. The van der Waals surface area contributed by atoms with Crippen LogP contribution in [-0.4, -0.2) is 66.8 Å². The van der Waals surface area contributed by atoms with Crippen molar-refractivity contribution in [2.24, 2.45) is 4.99 Å². The minimum absolute atomic E-state index is 0.00282. The average molecular weight is 417 g/mol. The summed E-state index contributed by atoms with van der Waals surface area (Å²) in [6.07, 6.45) is 11.5. The maximum absolute atomic E-state index is 12.5. The van der Waals surface area contributed by atoms with Gasteiger partial charge in [-0.25, -0.2) is 34.9 Å². The Morgan fingerprint density at radius 2 is 1.81 bits per heavy atom. The zero-order valence-electron chi connectivity index (χ0n) is 16.9. The van der Waals surface area contributed by atoms with Crippen LogP contribution in [0.1, 0.15) is 40.6 Å². The van der Waals surface area contributed by atoms with Gasteiger partial charge in [-0.05, 0) is 12.8 Å². The Morgan fingerprint density at radius 3 is 2.48 bits per heavy atom. The van der Waals surface area contributed by atoms with Crippen LogP contribution in [0, 0.1) is 0 Å². The van der Waals surface area contributed by atoms with E-state index in [0.717, 1.165) is 18.5 Å². The lowest BCUT2D eigenvalue weighted by Crippen LogP contribution is -2.23. The number of carbonyl (C=O) groups is 2. The molecule has 11 nitrogen and oxygen atoms in total. The number of anilines is 2. The van der Waals surface area contributed by atoms with Crippen molar-refractivity contribution >= 4 is 35.1 Å². The van der Waals surface area contributed by atoms with Crippen molar-refractivity contribution < 1.29 is 9.59 Å². The van der Waals surface area contributed by atoms with Gasteiger partial charge in [0, 0.05) is 20.0 Å². The highest BCUT2D eigenvalue weighted by molar-refractivity contribution is 6.37. The number of hydrogen-bond acceptors (Lipinski definition) is 10. The summed E-state index contributed by atoms with van der Waals surface area (Å²) in [7, 11) is 3.21. The number of aldehydes is 1. The molecule has 0 bridgehead atoms. The number of aromatic nitrogens is 6. The summed E-state index contributed by atoms with van der Waals surface area (Å²) in [4.78, 5) is 55.3. The Hall–Kier alpha value is -4.15. The van der Waals surface area contributed by atoms with E-state index in [1.54, 1.807) is 32.7 Å². The van der Waals surface area contributed by atoms with Gasteiger partial charge in [0.15, 0.2) is 17.8 Å². The first-order valence-corrected chi connectivity index (χ1v) is 9.51. The smallest absolute Gasteiger partial charge is 0.274 e. The van der Waals surface area contributed by atoms with Gasteiger partial charge in [-0.2, -0.15) is 0 Å². The summed E-state index contributed by atoms with van der Waals surface area (Å²) in [6, 6.07) is 0. The van der Waals surface area contributed by atoms with Gasteiger partial charge in [0.2, 0.25) is 0 Å². The van der Waals surface area contributed by atoms with Crippen molar-refractivity contribution in [3.8, 4) is 0 Å². The van der Waals surface area contributed by atoms with E-state index in [9.17, 15) is 9.59 Å². The Bertz CT molecular complexity index is 1140. The van der Waals surface area contributed by atoms with E-state index in [2.05, 4.69) is 40.2 Å². The molecule has 1 saturated carbocycles. The lowest BCUT2D eigenvalue weighted by molar-refractivity contribution is -0.102. The molecule has 0 saturated heterocycles. The zero-order chi connectivity index (χ0) is 21.8. The van der Waals surface area contributed by atoms with Crippen LogP contribution in [0.2, 0.25) is 0 Å². The molecule has 0 radical (unpaired) electrons. The molecule has 156 valence electrons. The second-order valence-electron chi connectivity index (χ2n) is 7.09. The molecule has 1 amide bonds. The number of nitrogens with one attached hydrogen (secondary N) is 1. The zero-order valence-corrected chi connectivity index (χ0v) is 16.9. The van der Waals surface area contributed by atoms with Crippen LogP contribution >= 0.6 is 0 Å². The van der Waals surface area contributed by atoms with E-state index in [-0.39, 0.29) is 28.7 Å². The molecule has 1 fully saturated rings. The number of hydrogen-bond donors (Lipinski definition) is 1. The predicted molar refractivity (Wildman–Crippen MR) is 112 cm³/mol. The second kappa shape index (κ2) is 8.69. The average Bonchev–Trinajstić information content (AvgIpc) is 3.64. The Labute approximate surface area is 177 Å². The van der Waals surface area contributed by atoms with Crippen LogP contribution in [0.15, 0.2) is 42.4 Å². The summed E-state index contributed by atoms with van der Waals surface area (Å²) in [5, 5.41) is 3.07. The number of nitrogens with zero attached hydrogens (tertiary/aromatic N) is 8. The summed E-state index contributed by atoms with van der Waals surface area (Å²) in [5.74, 6) is 0.283. The minimum Gasteiger partial charge on any atom is -0.343 e. The van der Waals surface area contributed by atoms with E-state index in [1.165, 1.54) is 23.8 Å². The largest absolute Gasteiger partial charge is 0.343 e. The van der Waals surface area contributed by atoms with E-state index < -0.39 is 0 Å². The van der Waals surface area contributed by atoms with Crippen molar-refractivity contribution in [2.75, 3.05) is 19.4 Å². The number of aliphatic imine (C=N–C) groups is 1. The van der Waals surface area contributed by atoms with E-state index in [4.69, 9.17) is 0 Å². The quantitative estimate of drug-likeness (QED) is 0.449. The standard InChI is InChI=1S/C20H19N9O2/c1-29(2)20(31)18-15(7-23-11-25-18)27-16(9-30)17-19(26-13-5-21-10-22-6-13)24-8-14(28-17)12-3-4-12/h5-12H,3-4H2,1-2H3,(H,24,26). The van der Waals surface area contributed by atoms with Crippen molar-refractivity contribution in [2.45, 2.75) is 18.8 Å². The Kier molecular flexibility index (Phi) is 5.65. The molecule has 1 aliphatic carbocycles. The molecule has 4 rings (SSSR count). The minimum atomic E-state index is -0.357. The molecule has 0 aliphatic heterocycles. The Morgan fingerprint density at radius 1 is 1.06 bits per heavy atom. The van der Waals surface area contributed by atoms with Gasteiger partial charge in [0.25, 0.3) is 5.91 Å². The van der Waals surface area contributed by atoms with Gasteiger partial charge in [-0.15, -0.1) is 0 Å². The third kappa shape index (κ3) is 4.55. The van der Waals surface area contributed by atoms with Gasteiger partial charge < -0.3 is 10.2 Å². The van der Waals surface area contributed by atoms with Crippen molar-refractivity contribution in [1.82, 2.24) is 34.8 Å². The molecular formula is C20H19N9O2. The molecule has 1 aliphatic rings. The first-order valence-electron chi connectivity index (χ1n) is 9.51. The highest BCUT2D eigenvalue weighted by Gasteiger charge is 2.27. The first-order chi connectivity index (χ1) is 15.1. The fraction of sp³-hybridized carbons (Fsp3) is 0.250. The second-order valence-corrected chi connectivity index (χ2v) is 7.09. The molecule has 0 spiro atoms. The van der Waals surface area contributed by atoms with Crippen molar-refractivity contribution in [3.63, 3.8) is 0 Å². The van der Waals surface area contributed by atoms with E-state index >= 15 is 0 Å². The van der Waals surface area contributed by atoms with Crippen LogP contribution in [-0.2, 0) is 4.79 Å². The van der Waals surface area contributed by atoms with Gasteiger partial charge in [0.05, 0.1) is 36.2 Å². The third-order valence-electron chi connectivity index (χ3n) is 4.51. The summed E-state index contributed by atoms with van der Waals surface area (Å²) < 4.78 is 0. The van der Waals surface area contributed by atoms with Crippen molar-refractivity contribution in [1.29, 1.82) is 0 Å². The first kappa shape index (κ1) is 20.1. The highest BCUT2D eigenvalue weighted by Crippen LogP contribution is 2.39. The molecule has 1 N–H and O–H groups in total. The summed E-state index contributed by atoms with van der Waals surface area (Å²) in [6.45, 7) is 0. The van der Waals surface area contributed by atoms with Crippen LogP contribution < -0.4 is 5.32 Å². The van der Waals surface area contributed by atoms with Gasteiger partial charge >= 0.3 is 0 Å². The monoisotopic (exact) mass is 417 g/mol. The SMILES string of the molecule is CN(C)C(=O)c1ncncc1N=C(C=O)c1nc(C2CC2)cnc1Nc1cncnc1. The van der Waals surface area contributed by atoms with E-state index in [0.29, 0.717) is 23.7 Å². The molecule has 0 unspecified atom stereocenters. The lowest BCUT2D eigenvalue weighted by atomic mass is 10.2. The fourth-order valence-corrected chi connectivity index (χ4v) is 2.79. The molecule has 31 heavy (non-hydrogen) atoms. The summed E-state index contributed by atoms with van der Waals surface area (Å²) in [5.41, 5.74) is 1.86. The number of rotatable bonds is 7. The van der Waals surface area contributed by atoms with Crippen LogP contribution in [0.4, 0.5) is 17.2 Å². The maximum Gasteiger partial charge on any atom is 0.274 e. The molecular weight excluding hydrogens is 398 g/mol. The van der Waals surface area contributed by atoms with Crippen LogP contribution in [0.3, 0.4) is 0 Å². The highest BCUT2D eigenvalue weighted by atomic mass is 16.2. The van der Waals surface area contributed by atoms with Crippen molar-refractivity contribution in [3.05, 3.63) is 54.5 Å². The molecule has 11 heteroatoms. The molecule has 3 aromatic heterocycles. The number of carbonyl (C=O) groups excluding carboxylic acids is 2. The Balaban J connectivity index is 1.80. The topological polar surface area (TPSA) is 139 Å². The normalized spacial score (nSPS) is 13.5. The summed E-state index contributed by atoms with van der Waals surface area (Å²) >= 11 is 0. The third-order valence-corrected chi connectivity index (χ3v) is 4.51. The van der Waals surface area contributed by atoms with E-state index in [1.807, 2.05) is 0 Å². The lowest BCUT2D eigenvalue weighted by Gasteiger charge is -2.12. The molecule has 3 aromatic rings. The van der Waals surface area contributed by atoms with Crippen LogP contribution in [0.25, 0.3) is 0 Å².